The average molecular weight is 141 g/mol. The fourth-order valence-corrected chi connectivity index (χ4v) is 2.34. The van der Waals surface area contributed by atoms with E-state index >= 15 is 0 Å². The first-order valence-electron chi connectivity index (χ1n) is 4.25. The highest BCUT2D eigenvalue weighted by Gasteiger charge is 2.59. The summed E-state index contributed by atoms with van der Waals surface area (Å²) >= 11 is 0. The second-order valence-electron chi connectivity index (χ2n) is 4.21. The molecule has 1 aliphatic carbocycles. The molecule has 1 saturated carbocycles. The summed E-state index contributed by atoms with van der Waals surface area (Å²) in [6.45, 7) is 6.22. The largest absolute Gasteiger partial charge is 0.327 e. The Balaban J connectivity index is 2.00. The van der Waals surface area contributed by atoms with Crippen LogP contribution in [0.25, 0.3) is 0 Å². The van der Waals surface area contributed by atoms with Gasteiger partial charge in [-0.15, -0.1) is 0 Å². The molecule has 2 unspecified atom stereocenters. The van der Waals surface area contributed by atoms with Crippen LogP contribution in [0.3, 0.4) is 0 Å². The second kappa shape index (κ2) is 1.74. The minimum absolute atomic E-state index is 0.567. The van der Waals surface area contributed by atoms with Gasteiger partial charge in [-0.25, -0.2) is 0 Å². The summed E-state index contributed by atoms with van der Waals surface area (Å²) in [5.74, 6) is 1.76. The molecule has 2 rings (SSSR count). The van der Waals surface area contributed by atoms with E-state index in [4.69, 9.17) is 5.73 Å². The van der Waals surface area contributed by atoms with Crippen molar-refractivity contribution < 1.29 is 4.48 Å². The van der Waals surface area contributed by atoms with Crippen molar-refractivity contribution in [1.29, 1.82) is 0 Å². The molecule has 58 valence electrons. The smallest absolute Gasteiger partial charge is 0.0833 e. The zero-order valence-electron chi connectivity index (χ0n) is 6.88. The Hall–Kier alpha value is -0.0800. The van der Waals surface area contributed by atoms with E-state index in [0.29, 0.717) is 6.04 Å². The zero-order chi connectivity index (χ0) is 7.35. The molecule has 2 heteroatoms. The Labute approximate surface area is 62.6 Å². The summed E-state index contributed by atoms with van der Waals surface area (Å²) in [5.41, 5.74) is 5.84. The van der Waals surface area contributed by atoms with E-state index in [1.165, 1.54) is 24.1 Å². The lowest BCUT2D eigenvalue weighted by Crippen LogP contribution is -2.45. The van der Waals surface area contributed by atoms with Crippen LogP contribution in [0.1, 0.15) is 6.92 Å². The molecule has 0 radical (unpaired) electrons. The van der Waals surface area contributed by atoms with Crippen molar-refractivity contribution in [2.75, 3.05) is 26.7 Å². The van der Waals surface area contributed by atoms with Crippen LogP contribution in [0.4, 0.5) is 0 Å². The second-order valence-corrected chi connectivity index (χ2v) is 4.21. The number of hydrogen-bond acceptors (Lipinski definition) is 1. The van der Waals surface area contributed by atoms with Gasteiger partial charge in [0, 0.05) is 17.9 Å². The Bertz CT molecular complexity index is 143. The van der Waals surface area contributed by atoms with Gasteiger partial charge >= 0.3 is 0 Å². The molecule has 0 amide bonds. The fraction of sp³-hybridized carbons (Fsp3) is 1.00. The number of rotatable bonds is 1. The SMILES string of the molecule is CC[N+]1(C)CC2C(N)C2C1. The molecule has 0 aromatic rings. The molecule has 2 aliphatic rings. The van der Waals surface area contributed by atoms with Gasteiger partial charge in [-0.05, 0) is 6.92 Å². The molecule has 2 fully saturated rings. The first-order chi connectivity index (χ1) is 4.66. The van der Waals surface area contributed by atoms with Gasteiger partial charge in [0.2, 0.25) is 0 Å². The van der Waals surface area contributed by atoms with Crippen molar-refractivity contribution in [1.82, 2.24) is 0 Å². The Morgan fingerprint density at radius 1 is 1.40 bits per heavy atom. The zero-order valence-corrected chi connectivity index (χ0v) is 6.88. The van der Waals surface area contributed by atoms with E-state index in [2.05, 4.69) is 14.0 Å². The van der Waals surface area contributed by atoms with Crippen molar-refractivity contribution in [3.05, 3.63) is 0 Å². The molecule has 0 aromatic carbocycles. The number of nitrogens with zero attached hydrogens (tertiary/aromatic N) is 1. The van der Waals surface area contributed by atoms with E-state index in [0.717, 1.165) is 11.8 Å². The molecule has 1 saturated heterocycles. The third-order valence-corrected chi connectivity index (χ3v) is 3.46. The van der Waals surface area contributed by atoms with Crippen LogP contribution >= 0.6 is 0 Å². The lowest BCUT2D eigenvalue weighted by molar-refractivity contribution is -0.901. The summed E-state index contributed by atoms with van der Waals surface area (Å²) in [7, 11) is 2.35. The summed E-state index contributed by atoms with van der Waals surface area (Å²) in [6.07, 6.45) is 0. The first-order valence-corrected chi connectivity index (χ1v) is 4.25. The number of likely N-dealkylation sites (tertiary alicyclic amines) is 1. The van der Waals surface area contributed by atoms with Gasteiger partial charge in [0.05, 0.1) is 26.7 Å². The molecule has 2 nitrogen and oxygen atoms in total. The highest BCUT2D eigenvalue weighted by atomic mass is 15.4. The normalized spacial score (nSPS) is 58.5. The predicted octanol–water partition coefficient (Wildman–Crippen LogP) is 0.0398. The van der Waals surface area contributed by atoms with E-state index in [-0.39, 0.29) is 0 Å². The molecule has 2 atom stereocenters. The standard InChI is InChI=1S/C8H17N2/c1-3-10(2)4-6-7(5-10)8(6)9/h6-8H,3-5,9H2,1-2H3/q+1. The van der Waals surface area contributed by atoms with E-state index < -0.39 is 0 Å². The first kappa shape index (κ1) is 6.62. The van der Waals surface area contributed by atoms with Gasteiger partial charge < -0.3 is 10.2 Å². The average Bonchev–Trinajstić information content (AvgIpc) is 2.41. The van der Waals surface area contributed by atoms with Crippen LogP contribution in [0, 0.1) is 11.8 Å². The lowest BCUT2D eigenvalue weighted by Gasteiger charge is -2.30. The number of nitrogens with two attached hydrogens (primary N) is 1. The lowest BCUT2D eigenvalue weighted by atomic mass is 10.3. The summed E-state index contributed by atoms with van der Waals surface area (Å²) in [6, 6.07) is 0.567. The minimum Gasteiger partial charge on any atom is -0.327 e. The predicted molar refractivity (Wildman–Crippen MR) is 41.4 cm³/mol. The van der Waals surface area contributed by atoms with Gasteiger partial charge in [-0.1, -0.05) is 0 Å². The van der Waals surface area contributed by atoms with Crippen LogP contribution < -0.4 is 5.73 Å². The molecule has 10 heavy (non-hydrogen) atoms. The fourth-order valence-electron chi connectivity index (χ4n) is 2.34. The van der Waals surface area contributed by atoms with Crippen molar-refractivity contribution in [2.24, 2.45) is 17.6 Å². The summed E-state index contributed by atoms with van der Waals surface area (Å²) in [5, 5.41) is 0. The number of fused-ring (bicyclic) bond motifs is 1. The highest BCUT2D eigenvalue weighted by molar-refractivity contribution is 5.04. The van der Waals surface area contributed by atoms with Crippen LogP contribution in [0.5, 0.6) is 0 Å². The molecule has 0 spiro atoms. The Morgan fingerprint density at radius 2 is 1.90 bits per heavy atom. The molecule has 1 aliphatic heterocycles. The van der Waals surface area contributed by atoms with Crippen LogP contribution in [-0.2, 0) is 0 Å². The van der Waals surface area contributed by atoms with Crippen molar-refractivity contribution in [3.63, 3.8) is 0 Å². The third kappa shape index (κ3) is 0.722. The maximum absolute atomic E-state index is 5.84. The quantitative estimate of drug-likeness (QED) is 0.513. The van der Waals surface area contributed by atoms with Crippen LogP contribution in [0.2, 0.25) is 0 Å². The summed E-state index contributed by atoms with van der Waals surface area (Å²) < 4.78 is 1.27. The molecule has 0 bridgehead atoms. The third-order valence-electron chi connectivity index (χ3n) is 3.46. The maximum Gasteiger partial charge on any atom is 0.0833 e. The number of piperidine rings is 1. The van der Waals surface area contributed by atoms with Crippen molar-refractivity contribution in [3.8, 4) is 0 Å². The van der Waals surface area contributed by atoms with Gasteiger partial charge in [0.15, 0.2) is 0 Å². The summed E-state index contributed by atoms with van der Waals surface area (Å²) in [4.78, 5) is 0. The van der Waals surface area contributed by atoms with Crippen LogP contribution in [-0.4, -0.2) is 37.2 Å². The van der Waals surface area contributed by atoms with Gasteiger partial charge in [0.1, 0.15) is 0 Å². The molecule has 0 aromatic heterocycles. The van der Waals surface area contributed by atoms with Gasteiger partial charge in [0.25, 0.3) is 0 Å². The monoisotopic (exact) mass is 141 g/mol. The maximum atomic E-state index is 5.84. The highest BCUT2D eigenvalue weighted by Crippen LogP contribution is 2.46. The van der Waals surface area contributed by atoms with Crippen LogP contribution in [0.15, 0.2) is 0 Å². The molecular formula is C8H17N2+. The topological polar surface area (TPSA) is 26.0 Å². The Kier molecular flexibility index (Phi) is 1.15. The Morgan fingerprint density at radius 3 is 2.30 bits per heavy atom. The number of hydrogen-bond donors (Lipinski definition) is 1. The number of quaternary nitrogens is 1. The molecular weight excluding hydrogens is 124 g/mol. The van der Waals surface area contributed by atoms with E-state index in [1.807, 2.05) is 0 Å². The minimum atomic E-state index is 0.567. The van der Waals surface area contributed by atoms with Gasteiger partial charge in [-0.3, -0.25) is 0 Å². The molecule has 2 N–H and O–H groups in total. The van der Waals surface area contributed by atoms with E-state index in [9.17, 15) is 0 Å². The van der Waals surface area contributed by atoms with E-state index in [1.54, 1.807) is 0 Å². The van der Waals surface area contributed by atoms with Gasteiger partial charge in [-0.2, -0.15) is 0 Å². The van der Waals surface area contributed by atoms with Crippen molar-refractivity contribution in [2.45, 2.75) is 13.0 Å². The molecule has 1 heterocycles. The van der Waals surface area contributed by atoms with Crippen molar-refractivity contribution >= 4 is 0 Å².